The number of anilines is 1. The van der Waals surface area contributed by atoms with E-state index in [4.69, 9.17) is 9.72 Å². The van der Waals surface area contributed by atoms with Crippen molar-refractivity contribution in [2.24, 2.45) is 5.41 Å². The van der Waals surface area contributed by atoms with E-state index in [0.717, 1.165) is 41.0 Å². The number of pyridine rings is 1. The van der Waals surface area contributed by atoms with E-state index in [9.17, 15) is 4.79 Å². The van der Waals surface area contributed by atoms with E-state index >= 15 is 0 Å². The average Bonchev–Trinajstić information content (AvgIpc) is 2.85. The molecule has 22 heavy (non-hydrogen) atoms. The zero-order valence-electron chi connectivity index (χ0n) is 13.6. The minimum atomic E-state index is -0.0140. The summed E-state index contributed by atoms with van der Waals surface area (Å²) in [7, 11) is 1.65. The van der Waals surface area contributed by atoms with Crippen molar-refractivity contribution in [3.05, 3.63) is 29.8 Å². The lowest BCUT2D eigenvalue weighted by molar-refractivity contribution is -0.120. The molecule has 0 bridgehead atoms. The molecule has 116 valence electrons. The first-order valence-corrected chi connectivity index (χ1v) is 7.65. The number of rotatable bonds is 2. The van der Waals surface area contributed by atoms with E-state index in [1.165, 1.54) is 0 Å². The lowest BCUT2D eigenvalue weighted by Gasteiger charge is -2.23. The number of ether oxygens (including phenoxy) is 1. The van der Waals surface area contributed by atoms with Crippen LogP contribution in [-0.2, 0) is 11.2 Å². The fourth-order valence-corrected chi connectivity index (χ4v) is 2.86. The molecule has 0 N–H and O–H groups in total. The van der Waals surface area contributed by atoms with Crippen molar-refractivity contribution in [3.8, 4) is 5.75 Å². The number of carbonyl (C=O) groups is 1. The molecule has 0 saturated carbocycles. The minimum Gasteiger partial charge on any atom is -0.497 e. The highest BCUT2D eigenvalue weighted by atomic mass is 16.5. The Morgan fingerprint density at radius 2 is 2.09 bits per heavy atom. The van der Waals surface area contributed by atoms with Crippen LogP contribution in [0.3, 0.4) is 0 Å². The standard InChI is InChI=1S/C18H22N2O2/c1-18(2,3)11-16(21)20-8-7-13-9-12-5-6-14(22-4)10-15(12)19-17(13)20/h5-6,9-10H,7-8,11H2,1-4H3. The van der Waals surface area contributed by atoms with E-state index in [1.807, 2.05) is 23.1 Å². The fourth-order valence-electron chi connectivity index (χ4n) is 2.86. The smallest absolute Gasteiger partial charge is 0.228 e. The van der Waals surface area contributed by atoms with Gasteiger partial charge in [0.2, 0.25) is 5.91 Å². The zero-order chi connectivity index (χ0) is 15.9. The summed E-state index contributed by atoms with van der Waals surface area (Å²) >= 11 is 0. The molecular formula is C18H22N2O2. The quantitative estimate of drug-likeness (QED) is 0.851. The van der Waals surface area contributed by atoms with Gasteiger partial charge in [-0.15, -0.1) is 0 Å². The summed E-state index contributed by atoms with van der Waals surface area (Å²) in [6, 6.07) is 8.01. The molecular weight excluding hydrogens is 276 g/mol. The number of amides is 1. The molecule has 1 aromatic heterocycles. The molecule has 1 amide bonds. The van der Waals surface area contributed by atoms with Gasteiger partial charge in [0, 0.05) is 24.4 Å². The Labute approximate surface area is 131 Å². The van der Waals surface area contributed by atoms with E-state index in [1.54, 1.807) is 7.11 Å². The third-order valence-corrected chi connectivity index (χ3v) is 3.92. The molecule has 0 radical (unpaired) electrons. The number of hydrogen-bond donors (Lipinski definition) is 0. The van der Waals surface area contributed by atoms with Crippen molar-refractivity contribution in [3.63, 3.8) is 0 Å². The molecule has 2 heterocycles. The van der Waals surface area contributed by atoms with Crippen LogP contribution in [-0.4, -0.2) is 24.5 Å². The fraction of sp³-hybridized carbons (Fsp3) is 0.444. The van der Waals surface area contributed by atoms with Gasteiger partial charge >= 0.3 is 0 Å². The second-order valence-corrected chi connectivity index (χ2v) is 7.06. The number of methoxy groups -OCH3 is 1. The molecule has 3 rings (SSSR count). The molecule has 0 saturated heterocycles. The van der Waals surface area contributed by atoms with Gasteiger partial charge in [-0.3, -0.25) is 9.69 Å². The summed E-state index contributed by atoms with van der Waals surface area (Å²) in [5, 5.41) is 1.09. The molecule has 1 aliphatic heterocycles. The Kier molecular flexibility index (Phi) is 3.55. The number of hydrogen-bond acceptors (Lipinski definition) is 3. The molecule has 0 unspecified atom stereocenters. The Morgan fingerprint density at radius 1 is 1.32 bits per heavy atom. The molecule has 0 aliphatic carbocycles. The SMILES string of the molecule is COc1ccc2cc3c(nc2c1)N(C(=O)CC(C)(C)C)CC3. The van der Waals surface area contributed by atoms with Crippen molar-refractivity contribution < 1.29 is 9.53 Å². The van der Waals surface area contributed by atoms with Crippen LogP contribution < -0.4 is 9.64 Å². The van der Waals surface area contributed by atoms with Gasteiger partial charge in [-0.2, -0.15) is 0 Å². The molecule has 4 nitrogen and oxygen atoms in total. The molecule has 1 aliphatic rings. The summed E-state index contributed by atoms with van der Waals surface area (Å²) in [4.78, 5) is 19.1. The first-order valence-electron chi connectivity index (χ1n) is 7.65. The van der Waals surface area contributed by atoms with Gasteiger partial charge in [0.1, 0.15) is 11.6 Å². The summed E-state index contributed by atoms with van der Waals surface area (Å²) in [5.74, 6) is 1.75. The molecule has 4 heteroatoms. The molecule has 0 spiro atoms. The number of aromatic nitrogens is 1. The first kappa shape index (κ1) is 14.8. The monoisotopic (exact) mass is 298 g/mol. The van der Waals surface area contributed by atoms with Crippen molar-refractivity contribution >= 4 is 22.6 Å². The predicted octanol–water partition coefficient (Wildman–Crippen LogP) is 3.57. The maximum atomic E-state index is 12.5. The normalized spacial score (nSPS) is 14.3. The highest BCUT2D eigenvalue weighted by molar-refractivity contribution is 5.96. The van der Waals surface area contributed by atoms with Crippen molar-refractivity contribution in [2.45, 2.75) is 33.6 Å². The maximum Gasteiger partial charge on any atom is 0.228 e. The molecule has 0 atom stereocenters. The lowest BCUT2D eigenvalue weighted by Crippen LogP contribution is -2.32. The van der Waals surface area contributed by atoms with Gasteiger partial charge in [-0.05, 0) is 35.6 Å². The largest absolute Gasteiger partial charge is 0.497 e. The summed E-state index contributed by atoms with van der Waals surface area (Å²) in [6.07, 6.45) is 1.41. The second-order valence-electron chi connectivity index (χ2n) is 7.06. The van der Waals surface area contributed by atoms with Crippen LogP contribution in [0.1, 0.15) is 32.8 Å². The molecule has 2 aromatic rings. The van der Waals surface area contributed by atoms with E-state index in [2.05, 4.69) is 26.8 Å². The van der Waals surface area contributed by atoms with Gasteiger partial charge < -0.3 is 4.74 Å². The molecule has 0 fully saturated rings. The Bertz CT molecular complexity index is 732. The van der Waals surface area contributed by atoms with Crippen LogP contribution in [0.2, 0.25) is 0 Å². The van der Waals surface area contributed by atoms with Crippen LogP contribution in [0.15, 0.2) is 24.3 Å². The predicted molar refractivity (Wildman–Crippen MR) is 88.4 cm³/mol. The number of carbonyl (C=O) groups excluding carboxylic acids is 1. The van der Waals surface area contributed by atoms with E-state index in [-0.39, 0.29) is 11.3 Å². The number of nitrogens with zero attached hydrogens (tertiary/aromatic N) is 2. The Morgan fingerprint density at radius 3 is 2.77 bits per heavy atom. The summed E-state index contributed by atoms with van der Waals surface area (Å²) in [6.45, 7) is 6.98. The van der Waals surface area contributed by atoms with Crippen molar-refractivity contribution in [1.29, 1.82) is 0 Å². The third kappa shape index (κ3) is 2.78. The Hall–Kier alpha value is -2.10. The third-order valence-electron chi connectivity index (χ3n) is 3.92. The van der Waals surface area contributed by atoms with Gasteiger partial charge in [-0.1, -0.05) is 20.8 Å². The topological polar surface area (TPSA) is 42.4 Å². The molecule has 1 aromatic carbocycles. The first-order chi connectivity index (χ1) is 10.4. The van der Waals surface area contributed by atoms with E-state index in [0.29, 0.717) is 6.42 Å². The number of benzene rings is 1. The average molecular weight is 298 g/mol. The van der Waals surface area contributed by atoms with Crippen LogP contribution in [0.4, 0.5) is 5.82 Å². The van der Waals surface area contributed by atoms with Crippen LogP contribution in [0.25, 0.3) is 10.9 Å². The highest BCUT2D eigenvalue weighted by Crippen LogP contribution is 2.32. The minimum absolute atomic E-state index is 0.0140. The maximum absolute atomic E-state index is 12.5. The van der Waals surface area contributed by atoms with Crippen molar-refractivity contribution in [1.82, 2.24) is 4.98 Å². The summed E-state index contributed by atoms with van der Waals surface area (Å²) < 4.78 is 5.26. The van der Waals surface area contributed by atoms with Gasteiger partial charge in [0.05, 0.1) is 12.6 Å². The van der Waals surface area contributed by atoms with E-state index < -0.39 is 0 Å². The van der Waals surface area contributed by atoms with Crippen LogP contribution in [0.5, 0.6) is 5.75 Å². The van der Waals surface area contributed by atoms with Crippen LogP contribution >= 0.6 is 0 Å². The second kappa shape index (κ2) is 5.27. The summed E-state index contributed by atoms with van der Waals surface area (Å²) in [5.41, 5.74) is 2.01. The Balaban J connectivity index is 1.99. The van der Waals surface area contributed by atoms with Gasteiger partial charge in [-0.25, -0.2) is 4.98 Å². The lowest BCUT2D eigenvalue weighted by atomic mass is 9.92. The van der Waals surface area contributed by atoms with Gasteiger partial charge in [0.25, 0.3) is 0 Å². The zero-order valence-corrected chi connectivity index (χ0v) is 13.6. The number of fused-ring (bicyclic) bond motifs is 2. The van der Waals surface area contributed by atoms with Crippen molar-refractivity contribution in [2.75, 3.05) is 18.6 Å². The van der Waals surface area contributed by atoms with Crippen LogP contribution in [0, 0.1) is 5.41 Å². The van der Waals surface area contributed by atoms with Gasteiger partial charge in [0.15, 0.2) is 0 Å². The highest BCUT2D eigenvalue weighted by Gasteiger charge is 2.29.